The fourth-order valence-electron chi connectivity index (χ4n) is 1.60. The van der Waals surface area contributed by atoms with Crippen LogP contribution < -0.4 is 5.32 Å². The van der Waals surface area contributed by atoms with Crippen molar-refractivity contribution in [3.05, 3.63) is 52.2 Å². The van der Waals surface area contributed by atoms with Crippen molar-refractivity contribution in [3.63, 3.8) is 0 Å². The van der Waals surface area contributed by atoms with E-state index in [2.05, 4.69) is 41.3 Å². The van der Waals surface area contributed by atoms with Crippen LogP contribution in [0.15, 0.2) is 41.1 Å². The fourth-order valence-corrected chi connectivity index (χ4v) is 2.20. The first-order chi connectivity index (χ1) is 10.1. The molecule has 0 atom stereocenters. The van der Waals surface area contributed by atoms with Crippen LogP contribution in [0.1, 0.15) is 0 Å². The maximum absolute atomic E-state index is 13.1. The highest BCUT2D eigenvalue weighted by Crippen LogP contribution is 2.25. The van der Waals surface area contributed by atoms with E-state index in [1.165, 1.54) is 16.8 Å². The Morgan fingerprint density at radius 1 is 1.24 bits per heavy atom. The number of nitrogens with zero attached hydrogens (tertiary/aromatic N) is 5. The Kier molecular flexibility index (Phi) is 3.80. The molecule has 1 N–H and O–H groups in total. The molecule has 2 heterocycles. The zero-order valence-corrected chi connectivity index (χ0v) is 12.7. The summed E-state index contributed by atoms with van der Waals surface area (Å²) in [7, 11) is 0. The largest absolute Gasteiger partial charge is 0.323 e. The summed E-state index contributed by atoms with van der Waals surface area (Å²) in [4.78, 5) is 12.2. The maximum Gasteiger partial charge on any atom is 0.256 e. The van der Waals surface area contributed by atoms with Crippen LogP contribution in [0.4, 0.5) is 16.0 Å². The SMILES string of the molecule is Fc1ccc(Nc2nc(Cl)nc(-n3cccn3)n2)c(Br)c1. The molecule has 0 fully saturated rings. The Labute approximate surface area is 132 Å². The van der Waals surface area contributed by atoms with Gasteiger partial charge in [0, 0.05) is 16.9 Å². The number of hydrogen-bond donors (Lipinski definition) is 1. The molecule has 1 aromatic carbocycles. The van der Waals surface area contributed by atoms with Crippen LogP contribution in [0.5, 0.6) is 0 Å². The van der Waals surface area contributed by atoms with Crippen LogP contribution in [-0.4, -0.2) is 24.7 Å². The molecule has 21 heavy (non-hydrogen) atoms. The van der Waals surface area contributed by atoms with Crippen molar-refractivity contribution in [2.75, 3.05) is 5.32 Å². The summed E-state index contributed by atoms with van der Waals surface area (Å²) in [6, 6.07) is 5.95. The second kappa shape index (κ2) is 5.74. The highest BCUT2D eigenvalue weighted by molar-refractivity contribution is 9.10. The third-order valence-electron chi connectivity index (χ3n) is 2.48. The number of hydrogen-bond acceptors (Lipinski definition) is 5. The van der Waals surface area contributed by atoms with Crippen molar-refractivity contribution in [3.8, 4) is 5.95 Å². The van der Waals surface area contributed by atoms with E-state index in [4.69, 9.17) is 11.6 Å². The van der Waals surface area contributed by atoms with E-state index >= 15 is 0 Å². The predicted molar refractivity (Wildman–Crippen MR) is 79.3 cm³/mol. The molecule has 3 aromatic rings. The molecule has 0 aliphatic heterocycles. The topological polar surface area (TPSA) is 68.5 Å². The molecular formula is C12H7BrClFN6. The lowest BCUT2D eigenvalue weighted by Gasteiger charge is -2.08. The average molecular weight is 370 g/mol. The molecule has 3 rings (SSSR count). The molecule has 6 nitrogen and oxygen atoms in total. The number of benzene rings is 1. The summed E-state index contributed by atoms with van der Waals surface area (Å²) in [6.45, 7) is 0. The number of nitrogens with one attached hydrogen (secondary N) is 1. The quantitative estimate of drug-likeness (QED) is 0.767. The lowest BCUT2D eigenvalue weighted by molar-refractivity contribution is 0.627. The first kappa shape index (κ1) is 13.9. The summed E-state index contributed by atoms with van der Waals surface area (Å²) in [5.41, 5.74) is 0.602. The Balaban J connectivity index is 1.95. The van der Waals surface area contributed by atoms with E-state index in [0.717, 1.165) is 0 Å². The molecule has 0 saturated heterocycles. The number of halogens is 3. The molecule has 0 radical (unpaired) electrons. The van der Waals surface area contributed by atoms with Crippen LogP contribution in [0.25, 0.3) is 5.95 Å². The van der Waals surface area contributed by atoms with Gasteiger partial charge >= 0.3 is 0 Å². The third-order valence-corrected chi connectivity index (χ3v) is 3.31. The monoisotopic (exact) mass is 368 g/mol. The van der Waals surface area contributed by atoms with Crippen molar-refractivity contribution in [2.45, 2.75) is 0 Å². The first-order valence-electron chi connectivity index (χ1n) is 5.75. The van der Waals surface area contributed by atoms with Gasteiger partial charge in [0.25, 0.3) is 5.95 Å². The van der Waals surface area contributed by atoms with Crippen LogP contribution in [0, 0.1) is 5.82 Å². The van der Waals surface area contributed by atoms with Crippen LogP contribution in [0.3, 0.4) is 0 Å². The van der Waals surface area contributed by atoms with Crippen LogP contribution in [0.2, 0.25) is 5.28 Å². The minimum absolute atomic E-state index is 0.0243. The van der Waals surface area contributed by atoms with Crippen molar-refractivity contribution in [2.24, 2.45) is 0 Å². The summed E-state index contributed by atoms with van der Waals surface area (Å²) < 4.78 is 15.1. The lowest BCUT2D eigenvalue weighted by atomic mass is 10.3. The lowest BCUT2D eigenvalue weighted by Crippen LogP contribution is -2.07. The fraction of sp³-hybridized carbons (Fsp3) is 0. The van der Waals surface area contributed by atoms with Gasteiger partial charge in [0.05, 0.1) is 5.69 Å². The molecule has 2 aromatic heterocycles. The van der Waals surface area contributed by atoms with E-state index in [-0.39, 0.29) is 23.0 Å². The van der Waals surface area contributed by atoms with Gasteiger partial charge in [0.15, 0.2) is 0 Å². The Hall–Kier alpha value is -2.06. The van der Waals surface area contributed by atoms with E-state index in [1.54, 1.807) is 24.5 Å². The molecule has 9 heteroatoms. The smallest absolute Gasteiger partial charge is 0.256 e. The van der Waals surface area contributed by atoms with Crippen molar-refractivity contribution in [1.29, 1.82) is 0 Å². The Bertz CT molecular complexity index is 779. The molecule has 0 saturated carbocycles. The van der Waals surface area contributed by atoms with Crippen molar-refractivity contribution >= 4 is 39.2 Å². The predicted octanol–water partition coefficient (Wildman–Crippen LogP) is 3.36. The Morgan fingerprint density at radius 2 is 2.10 bits per heavy atom. The van der Waals surface area contributed by atoms with Crippen molar-refractivity contribution in [1.82, 2.24) is 24.7 Å². The van der Waals surface area contributed by atoms with Gasteiger partial charge in [-0.25, -0.2) is 9.07 Å². The standard InChI is InChI=1S/C12H7BrClFN6/c13-8-6-7(15)2-3-9(8)17-11-18-10(14)19-12(20-11)21-5-1-4-16-21/h1-6H,(H,17,18,19,20). The maximum atomic E-state index is 13.1. The molecule has 0 aliphatic rings. The normalized spacial score (nSPS) is 10.6. The number of aromatic nitrogens is 5. The molecule has 0 spiro atoms. The summed E-state index contributed by atoms with van der Waals surface area (Å²) in [5, 5.41) is 6.99. The molecule has 0 amide bonds. The third kappa shape index (κ3) is 3.17. The first-order valence-corrected chi connectivity index (χ1v) is 6.92. The highest BCUT2D eigenvalue weighted by atomic mass is 79.9. The molecular weight excluding hydrogens is 363 g/mol. The van der Waals surface area contributed by atoms with Gasteiger partial charge in [-0.05, 0) is 51.8 Å². The molecule has 0 unspecified atom stereocenters. The molecule has 0 aliphatic carbocycles. The number of rotatable bonds is 3. The minimum atomic E-state index is -0.349. The second-order valence-corrected chi connectivity index (χ2v) is 5.12. The van der Waals surface area contributed by atoms with Gasteiger partial charge in [-0.2, -0.15) is 20.1 Å². The van der Waals surface area contributed by atoms with E-state index in [0.29, 0.717) is 10.2 Å². The minimum Gasteiger partial charge on any atom is -0.323 e. The Morgan fingerprint density at radius 3 is 2.81 bits per heavy atom. The average Bonchev–Trinajstić information content (AvgIpc) is 2.95. The second-order valence-electron chi connectivity index (χ2n) is 3.93. The molecule has 106 valence electrons. The van der Waals surface area contributed by atoms with E-state index < -0.39 is 0 Å². The number of anilines is 2. The van der Waals surface area contributed by atoms with Gasteiger partial charge in [0.2, 0.25) is 11.2 Å². The van der Waals surface area contributed by atoms with Crippen LogP contribution >= 0.6 is 27.5 Å². The highest BCUT2D eigenvalue weighted by Gasteiger charge is 2.09. The van der Waals surface area contributed by atoms with E-state index in [1.807, 2.05) is 0 Å². The summed E-state index contributed by atoms with van der Waals surface area (Å²) in [6.07, 6.45) is 3.28. The summed E-state index contributed by atoms with van der Waals surface area (Å²) in [5.74, 6) is 0.159. The van der Waals surface area contributed by atoms with Crippen molar-refractivity contribution < 1.29 is 4.39 Å². The van der Waals surface area contributed by atoms with Gasteiger partial charge in [0.1, 0.15) is 5.82 Å². The van der Waals surface area contributed by atoms with Gasteiger partial charge in [-0.15, -0.1) is 0 Å². The summed E-state index contributed by atoms with van der Waals surface area (Å²) >= 11 is 9.14. The zero-order chi connectivity index (χ0) is 14.8. The molecule has 0 bridgehead atoms. The van der Waals surface area contributed by atoms with Gasteiger partial charge in [-0.1, -0.05) is 0 Å². The van der Waals surface area contributed by atoms with Gasteiger partial charge in [-0.3, -0.25) is 0 Å². The van der Waals surface area contributed by atoms with Crippen LogP contribution in [-0.2, 0) is 0 Å². The van der Waals surface area contributed by atoms with E-state index in [9.17, 15) is 4.39 Å². The zero-order valence-electron chi connectivity index (χ0n) is 10.3. The van der Waals surface area contributed by atoms with Gasteiger partial charge < -0.3 is 5.32 Å².